The van der Waals surface area contributed by atoms with E-state index in [-0.39, 0.29) is 6.04 Å². The summed E-state index contributed by atoms with van der Waals surface area (Å²) in [7, 11) is -3.19. The fourth-order valence-electron chi connectivity index (χ4n) is 3.41. The van der Waals surface area contributed by atoms with Gasteiger partial charge in [0.05, 0.1) is 15.7 Å². The first kappa shape index (κ1) is 13.0. The third-order valence-corrected chi connectivity index (χ3v) is 7.34. The Morgan fingerprint density at radius 1 is 1.00 bits per heavy atom. The normalized spacial score (nSPS) is 23.9. The van der Waals surface area contributed by atoms with Gasteiger partial charge in [0.2, 0.25) is 0 Å². The SMILES string of the molecule is O=S1(=O)c2ccccc2C(NCc2ccccc2)C12CC2. The largest absolute Gasteiger partial charge is 0.304 e. The van der Waals surface area contributed by atoms with Crippen molar-refractivity contribution in [1.29, 1.82) is 0 Å². The van der Waals surface area contributed by atoms with Crippen molar-refractivity contribution >= 4 is 9.84 Å². The van der Waals surface area contributed by atoms with Gasteiger partial charge >= 0.3 is 0 Å². The molecule has 2 aromatic carbocycles. The second kappa shape index (κ2) is 4.42. The predicted molar refractivity (Wildman–Crippen MR) is 81.6 cm³/mol. The van der Waals surface area contributed by atoms with Crippen LogP contribution in [-0.4, -0.2) is 13.2 Å². The molecule has 21 heavy (non-hydrogen) atoms. The van der Waals surface area contributed by atoms with Crippen molar-refractivity contribution in [2.45, 2.75) is 35.1 Å². The molecule has 0 saturated heterocycles. The zero-order chi connectivity index (χ0) is 14.5. The molecule has 108 valence electrons. The number of rotatable bonds is 3. The standard InChI is InChI=1S/C17H17NO2S/c19-21(20)15-9-5-4-8-14(15)16(17(21)10-11-17)18-12-13-6-2-1-3-7-13/h1-9,16,18H,10-12H2. The average Bonchev–Trinajstić information content (AvgIpc) is 3.28. The van der Waals surface area contributed by atoms with Crippen LogP contribution in [0.4, 0.5) is 0 Å². The molecule has 0 amide bonds. The number of hydrogen-bond acceptors (Lipinski definition) is 3. The highest BCUT2D eigenvalue weighted by Crippen LogP contribution is 2.60. The molecule has 2 aliphatic rings. The van der Waals surface area contributed by atoms with Gasteiger partial charge < -0.3 is 5.32 Å². The van der Waals surface area contributed by atoms with Crippen molar-refractivity contribution < 1.29 is 8.42 Å². The van der Waals surface area contributed by atoms with E-state index < -0.39 is 14.6 Å². The molecule has 1 fully saturated rings. The molecule has 0 radical (unpaired) electrons. The van der Waals surface area contributed by atoms with Gasteiger partial charge in [-0.2, -0.15) is 0 Å². The fourth-order valence-corrected chi connectivity index (χ4v) is 5.77. The summed E-state index contributed by atoms with van der Waals surface area (Å²) in [5.41, 5.74) is 2.11. The first-order valence-electron chi connectivity index (χ1n) is 7.26. The summed E-state index contributed by atoms with van der Waals surface area (Å²) >= 11 is 0. The van der Waals surface area contributed by atoms with Crippen molar-refractivity contribution in [3.63, 3.8) is 0 Å². The zero-order valence-electron chi connectivity index (χ0n) is 11.6. The first-order valence-corrected chi connectivity index (χ1v) is 8.74. The van der Waals surface area contributed by atoms with Gasteiger partial charge in [-0.1, -0.05) is 48.5 Å². The van der Waals surface area contributed by atoms with Gasteiger partial charge in [-0.15, -0.1) is 0 Å². The lowest BCUT2D eigenvalue weighted by Gasteiger charge is -2.20. The number of sulfone groups is 1. The van der Waals surface area contributed by atoms with Gasteiger partial charge in [0.15, 0.2) is 9.84 Å². The highest BCUT2D eigenvalue weighted by atomic mass is 32.2. The molecule has 4 rings (SSSR count). The van der Waals surface area contributed by atoms with E-state index in [0.717, 1.165) is 18.4 Å². The Kier molecular flexibility index (Phi) is 2.75. The number of benzene rings is 2. The smallest absolute Gasteiger partial charge is 0.186 e. The maximum Gasteiger partial charge on any atom is 0.186 e. The van der Waals surface area contributed by atoms with Crippen LogP contribution in [0.25, 0.3) is 0 Å². The van der Waals surface area contributed by atoms with Crippen molar-refractivity contribution in [3.8, 4) is 0 Å². The lowest BCUT2D eigenvalue weighted by atomic mass is 10.0. The minimum Gasteiger partial charge on any atom is -0.304 e. The number of fused-ring (bicyclic) bond motifs is 1. The van der Waals surface area contributed by atoms with E-state index in [4.69, 9.17) is 0 Å². The molecule has 1 N–H and O–H groups in total. The minimum atomic E-state index is -3.19. The molecule has 1 spiro atoms. The van der Waals surface area contributed by atoms with Gasteiger partial charge in [-0.25, -0.2) is 8.42 Å². The Labute approximate surface area is 124 Å². The maximum absolute atomic E-state index is 12.8. The lowest BCUT2D eigenvalue weighted by molar-refractivity contribution is 0.491. The van der Waals surface area contributed by atoms with E-state index in [0.29, 0.717) is 11.4 Å². The minimum absolute atomic E-state index is 0.0843. The summed E-state index contributed by atoms with van der Waals surface area (Å²) in [6.07, 6.45) is 1.52. The molecule has 3 nitrogen and oxygen atoms in total. The van der Waals surface area contributed by atoms with Crippen molar-refractivity contribution in [2.75, 3.05) is 0 Å². The summed E-state index contributed by atoms with van der Waals surface area (Å²) in [6, 6.07) is 17.5. The van der Waals surface area contributed by atoms with Gasteiger partial charge in [0.1, 0.15) is 0 Å². The maximum atomic E-state index is 12.8. The summed E-state index contributed by atoms with van der Waals surface area (Å²) in [5.74, 6) is 0. The Hall–Kier alpha value is -1.65. The number of hydrogen-bond donors (Lipinski definition) is 1. The summed E-state index contributed by atoms with van der Waals surface area (Å²) < 4.78 is 24.9. The van der Waals surface area contributed by atoms with E-state index in [1.807, 2.05) is 36.4 Å². The van der Waals surface area contributed by atoms with Crippen molar-refractivity contribution in [2.24, 2.45) is 0 Å². The van der Waals surface area contributed by atoms with Crippen LogP contribution in [0.15, 0.2) is 59.5 Å². The summed E-state index contributed by atoms with van der Waals surface area (Å²) in [6.45, 7) is 0.692. The van der Waals surface area contributed by atoms with Crippen LogP contribution in [0.5, 0.6) is 0 Å². The van der Waals surface area contributed by atoms with Crippen molar-refractivity contribution in [3.05, 3.63) is 65.7 Å². The summed E-state index contributed by atoms with van der Waals surface area (Å²) in [4.78, 5) is 0.521. The van der Waals surface area contributed by atoms with Crippen LogP contribution in [0, 0.1) is 0 Å². The third kappa shape index (κ3) is 1.79. The Bertz CT molecular complexity index is 779. The van der Waals surface area contributed by atoms with E-state index in [1.54, 1.807) is 6.07 Å². The Morgan fingerprint density at radius 3 is 2.38 bits per heavy atom. The second-order valence-electron chi connectivity index (χ2n) is 5.91. The molecule has 2 aromatic rings. The van der Waals surface area contributed by atoms with Crippen LogP contribution < -0.4 is 5.32 Å². The van der Waals surface area contributed by atoms with Crippen molar-refractivity contribution in [1.82, 2.24) is 5.32 Å². The van der Waals surface area contributed by atoms with Crippen LogP contribution in [-0.2, 0) is 16.4 Å². The molecule has 1 saturated carbocycles. The molecule has 4 heteroatoms. The average molecular weight is 299 g/mol. The van der Waals surface area contributed by atoms with E-state index in [2.05, 4.69) is 17.4 Å². The van der Waals surface area contributed by atoms with Gasteiger partial charge in [-0.05, 0) is 30.0 Å². The quantitative estimate of drug-likeness (QED) is 0.948. The summed E-state index contributed by atoms with van der Waals surface area (Å²) in [5, 5.41) is 3.48. The molecule has 1 aliphatic heterocycles. The third-order valence-electron chi connectivity index (χ3n) is 4.68. The van der Waals surface area contributed by atoms with Crippen LogP contribution in [0.2, 0.25) is 0 Å². The molecule has 1 aliphatic carbocycles. The lowest BCUT2D eigenvalue weighted by Crippen LogP contribution is -2.33. The van der Waals surface area contributed by atoms with Crippen LogP contribution in [0.1, 0.15) is 30.0 Å². The highest BCUT2D eigenvalue weighted by Gasteiger charge is 2.65. The van der Waals surface area contributed by atoms with E-state index in [9.17, 15) is 8.42 Å². The van der Waals surface area contributed by atoms with Gasteiger partial charge in [-0.3, -0.25) is 0 Å². The molecule has 1 atom stereocenters. The second-order valence-corrected chi connectivity index (χ2v) is 8.17. The molecule has 0 bridgehead atoms. The fraction of sp³-hybridized carbons (Fsp3) is 0.294. The Balaban J connectivity index is 1.69. The topological polar surface area (TPSA) is 46.2 Å². The zero-order valence-corrected chi connectivity index (χ0v) is 12.4. The molecule has 1 unspecified atom stereocenters. The molecular weight excluding hydrogens is 282 g/mol. The number of nitrogens with one attached hydrogen (secondary N) is 1. The predicted octanol–water partition coefficient (Wildman–Crippen LogP) is 2.84. The molecular formula is C17H17NO2S. The van der Waals surface area contributed by atoms with Gasteiger partial charge in [0.25, 0.3) is 0 Å². The molecule has 0 aromatic heterocycles. The van der Waals surface area contributed by atoms with Gasteiger partial charge in [0, 0.05) is 6.54 Å². The first-order chi connectivity index (χ1) is 10.2. The van der Waals surface area contributed by atoms with Crippen LogP contribution in [0.3, 0.4) is 0 Å². The van der Waals surface area contributed by atoms with E-state index in [1.165, 1.54) is 5.56 Å². The highest BCUT2D eigenvalue weighted by molar-refractivity contribution is 7.93. The van der Waals surface area contributed by atoms with E-state index >= 15 is 0 Å². The Morgan fingerprint density at radius 2 is 1.67 bits per heavy atom. The molecule has 1 heterocycles. The monoisotopic (exact) mass is 299 g/mol. The van der Waals surface area contributed by atoms with Crippen LogP contribution >= 0.6 is 0 Å².